The lowest BCUT2D eigenvalue weighted by Gasteiger charge is -2.31. The number of fused-ring (bicyclic) bond motifs is 1. The third-order valence-corrected chi connectivity index (χ3v) is 4.49. The molecule has 2 heterocycles. The number of piperidine rings is 1. The fourth-order valence-corrected chi connectivity index (χ4v) is 3.43. The second-order valence-corrected chi connectivity index (χ2v) is 5.74. The van der Waals surface area contributed by atoms with E-state index in [0.717, 1.165) is 36.6 Å². The predicted molar refractivity (Wildman–Crippen MR) is 77.6 cm³/mol. The van der Waals surface area contributed by atoms with Gasteiger partial charge >= 0.3 is 6.03 Å². The van der Waals surface area contributed by atoms with Crippen LogP contribution in [0.4, 0.5) is 9.93 Å². The summed E-state index contributed by atoms with van der Waals surface area (Å²) in [4.78, 5) is 17.8. The van der Waals surface area contributed by atoms with Gasteiger partial charge in [0.05, 0.1) is 10.2 Å². The first-order chi connectivity index (χ1) is 9.22. The number of nitrogens with one attached hydrogen (secondary N) is 1. The zero-order chi connectivity index (χ0) is 13.2. The number of anilines is 1. The first-order valence-corrected chi connectivity index (χ1v) is 7.20. The van der Waals surface area contributed by atoms with Gasteiger partial charge in [-0.15, -0.1) is 0 Å². The summed E-state index contributed by atoms with van der Waals surface area (Å²) in [6.45, 7) is 1.82. The van der Waals surface area contributed by atoms with Crippen molar-refractivity contribution in [1.82, 2.24) is 10.3 Å². The van der Waals surface area contributed by atoms with Crippen molar-refractivity contribution in [2.45, 2.75) is 18.9 Å². The van der Waals surface area contributed by atoms with E-state index in [9.17, 15) is 4.79 Å². The van der Waals surface area contributed by atoms with Crippen LogP contribution in [-0.2, 0) is 0 Å². The number of carbonyl (C=O) groups excluding carboxylic acids is 1. The average molecular weight is 276 g/mol. The second kappa shape index (κ2) is 5.05. The Morgan fingerprint density at radius 3 is 2.79 bits per heavy atom. The van der Waals surface area contributed by atoms with Crippen LogP contribution in [0.5, 0.6) is 0 Å². The minimum absolute atomic E-state index is 0.197. The van der Waals surface area contributed by atoms with Gasteiger partial charge in [0.2, 0.25) is 0 Å². The van der Waals surface area contributed by atoms with Gasteiger partial charge in [-0.2, -0.15) is 0 Å². The smallest absolute Gasteiger partial charge is 0.312 e. The van der Waals surface area contributed by atoms with E-state index in [-0.39, 0.29) is 6.04 Å². The molecule has 19 heavy (non-hydrogen) atoms. The van der Waals surface area contributed by atoms with Crippen molar-refractivity contribution in [3.63, 3.8) is 0 Å². The Bertz CT molecular complexity index is 556. The van der Waals surface area contributed by atoms with E-state index in [1.165, 1.54) is 4.70 Å². The van der Waals surface area contributed by atoms with Crippen molar-refractivity contribution in [1.29, 1.82) is 0 Å². The molecule has 0 bridgehead atoms. The number of urea groups is 1. The largest absolute Gasteiger partial charge is 0.352 e. The molecule has 3 rings (SSSR count). The highest BCUT2D eigenvalue weighted by atomic mass is 32.1. The Morgan fingerprint density at radius 1 is 1.37 bits per heavy atom. The molecule has 2 amide bonds. The molecule has 3 N–H and O–H groups in total. The number of rotatable bonds is 2. The molecule has 0 spiro atoms. The van der Waals surface area contributed by atoms with Crippen molar-refractivity contribution in [3.05, 3.63) is 24.3 Å². The zero-order valence-corrected chi connectivity index (χ0v) is 11.3. The third kappa shape index (κ3) is 2.63. The number of benzene rings is 1. The van der Waals surface area contributed by atoms with Gasteiger partial charge in [-0.1, -0.05) is 23.5 Å². The van der Waals surface area contributed by atoms with E-state index < -0.39 is 6.03 Å². The number of para-hydroxylation sites is 1. The summed E-state index contributed by atoms with van der Waals surface area (Å²) in [6, 6.07) is 7.94. The van der Waals surface area contributed by atoms with Crippen molar-refractivity contribution < 1.29 is 4.79 Å². The number of thiazole rings is 1. The van der Waals surface area contributed by atoms with Crippen LogP contribution in [-0.4, -0.2) is 30.1 Å². The summed E-state index contributed by atoms with van der Waals surface area (Å²) in [6.07, 6.45) is 1.83. The van der Waals surface area contributed by atoms with E-state index in [1.807, 2.05) is 18.2 Å². The topological polar surface area (TPSA) is 71.2 Å². The van der Waals surface area contributed by atoms with Crippen LogP contribution in [0, 0.1) is 0 Å². The molecule has 100 valence electrons. The second-order valence-electron chi connectivity index (χ2n) is 4.73. The van der Waals surface area contributed by atoms with Gasteiger partial charge in [-0.25, -0.2) is 9.78 Å². The molecular formula is C13H16N4OS. The minimum Gasteiger partial charge on any atom is -0.352 e. The number of amides is 2. The van der Waals surface area contributed by atoms with Crippen LogP contribution >= 0.6 is 11.3 Å². The molecule has 0 radical (unpaired) electrons. The molecule has 5 nitrogen and oxygen atoms in total. The number of nitrogens with zero attached hydrogens (tertiary/aromatic N) is 2. The molecular weight excluding hydrogens is 260 g/mol. The molecule has 1 fully saturated rings. The van der Waals surface area contributed by atoms with Gasteiger partial charge in [-0.3, -0.25) is 0 Å². The molecule has 2 aromatic rings. The summed E-state index contributed by atoms with van der Waals surface area (Å²) >= 11 is 1.72. The lowest BCUT2D eigenvalue weighted by atomic mass is 10.1. The standard InChI is InChI=1S/C13H16N4OS/c14-12(18)15-9-5-7-17(8-6-9)13-16-10-3-1-2-4-11(10)19-13/h1-4,9H,5-8H2,(H3,14,15,18). The average Bonchev–Trinajstić information content (AvgIpc) is 2.82. The Kier molecular flexibility index (Phi) is 3.25. The number of primary amides is 1. The van der Waals surface area contributed by atoms with Crippen molar-refractivity contribution in [3.8, 4) is 0 Å². The SMILES string of the molecule is NC(=O)NC1CCN(c2nc3ccccc3s2)CC1. The van der Waals surface area contributed by atoms with Crippen LogP contribution in [0.3, 0.4) is 0 Å². The van der Waals surface area contributed by atoms with Crippen molar-refractivity contribution in [2.24, 2.45) is 5.73 Å². The first-order valence-electron chi connectivity index (χ1n) is 6.39. The van der Waals surface area contributed by atoms with Crippen LogP contribution in [0.1, 0.15) is 12.8 Å². The highest BCUT2D eigenvalue weighted by Crippen LogP contribution is 2.30. The number of aromatic nitrogens is 1. The fraction of sp³-hybridized carbons (Fsp3) is 0.385. The summed E-state index contributed by atoms with van der Waals surface area (Å²) < 4.78 is 1.22. The highest BCUT2D eigenvalue weighted by molar-refractivity contribution is 7.22. The molecule has 1 aliphatic heterocycles. The normalized spacial score (nSPS) is 16.7. The number of carbonyl (C=O) groups is 1. The van der Waals surface area contributed by atoms with Crippen LogP contribution in [0.15, 0.2) is 24.3 Å². The molecule has 0 atom stereocenters. The Morgan fingerprint density at radius 2 is 2.11 bits per heavy atom. The van der Waals surface area contributed by atoms with E-state index in [2.05, 4.69) is 21.3 Å². The maximum atomic E-state index is 10.8. The van der Waals surface area contributed by atoms with Gasteiger partial charge in [-0.05, 0) is 25.0 Å². The van der Waals surface area contributed by atoms with Crippen molar-refractivity contribution >= 4 is 32.7 Å². The molecule has 1 aliphatic rings. The summed E-state index contributed by atoms with van der Waals surface area (Å²) in [7, 11) is 0. The maximum absolute atomic E-state index is 10.8. The van der Waals surface area contributed by atoms with Crippen LogP contribution < -0.4 is 16.0 Å². The maximum Gasteiger partial charge on any atom is 0.312 e. The quantitative estimate of drug-likeness (QED) is 0.880. The summed E-state index contributed by atoms with van der Waals surface area (Å²) in [5.74, 6) is 0. The Labute approximate surface area is 115 Å². The van der Waals surface area contributed by atoms with Gasteiger partial charge in [0, 0.05) is 19.1 Å². The number of hydrogen-bond acceptors (Lipinski definition) is 4. The Balaban J connectivity index is 1.69. The predicted octanol–water partition coefficient (Wildman–Crippen LogP) is 1.93. The van der Waals surface area contributed by atoms with E-state index in [4.69, 9.17) is 5.73 Å². The fourth-order valence-electron chi connectivity index (χ4n) is 2.41. The van der Waals surface area contributed by atoms with Crippen molar-refractivity contribution in [2.75, 3.05) is 18.0 Å². The van der Waals surface area contributed by atoms with Crippen LogP contribution in [0.25, 0.3) is 10.2 Å². The molecule has 0 saturated carbocycles. The first kappa shape index (κ1) is 12.2. The van der Waals surface area contributed by atoms with Gasteiger partial charge in [0.15, 0.2) is 5.13 Å². The molecule has 1 aromatic heterocycles. The molecule has 1 saturated heterocycles. The monoisotopic (exact) mass is 276 g/mol. The lowest BCUT2D eigenvalue weighted by molar-refractivity contribution is 0.242. The minimum atomic E-state index is -0.432. The van der Waals surface area contributed by atoms with Gasteiger partial charge in [0.25, 0.3) is 0 Å². The third-order valence-electron chi connectivity index (χ3n) is 3.39. The molecule has 0 aliphatic carbocycles. The molecule has 1 aromatic carbocycles. The lowest BCUT2D eigenvalue weighted by Crippen LogP contribution is -2.46. The van der Waals surface area contributed by atoms with E-state index in [0.29, 0.717) is 0 Å². The number of nitrogens with two attached hydrogens (primary N) is 1. The highest BCUT2D eigenvalue weighted by Gasteiger charge is 2.22. The Hall–Kier alpha value is -1.82. The summed E-state index contributed by atoms with van der Waals surface area (Å²) in [5.41, 5.74) is 6.20. The molecule has 0 unspecified atom stereocenters. The van der Waals surface area contributed by atoms with E-state index >= 15 is 0 Å². The van der Waals surface area contributed by atoms with Crippen LogP contribution in [0.2, 0.25) is 0 Å². The van der Waals surface area contributed by atoms with Gasteiger partial charge < -0.3 is 16.0 Å². The van der Waals surface area contributed by atoms with Gasteiger partial charge in [0.1, 0.15) is 0 Å². The summed E-state index contributed by atoms with van der Waals surface area (Å²) in [5, 5.41) is 3.84. The molecule has 6 heteroatoms. The number of hydrogen-bond donors (Lipinski definition) is 2. The zero-order valence-electron chi connectivity index (χ0n) is 10.5. The van der Waals surface area contributed by atoms with E-state index in [1.54, 1.807) is 11.3 Å².